The molecule has 0 amide bonds. The minimum absolute atomic E-state index is 0.215. The Kier molecular flexibility index (Phi) is 4.25. The van der Waals surface area contributed by atoms with Gasteiger partial charge in [-0.25, -0.2) is 8.78 Å². The fraction of sp³-hybridized carbons (Fsp3) is 0. The van der Waals surface area contributed by atoms with Crippen molar-refractivity contribution in [2.45, 2.75) is 0 Å². The van der Waals surface area contributed by atoms with Crippen LogP contribution in [0.3, 0.4) is 0 Å². The maximum atomic E-state index is 13.2. The highest BCUT2D eigenvalue weighted by molar-refractivity contribution is 5.59. The third kappa shape index (κ3) is 3.59. The summed E-state index contributed by atoms with van der Waals surface area (Å²) in [4.78, 5) is 4.18. The Balaban J connectivity index is 1.75. The standard InChI is InChI=1S/C16H10F2N6/c17-13-6-5-12(7-14(13)18)21-15-9-20-24-16(23-15)22-11-3-1-10(8-19)2-4-11/h1-7,9H,(H2,21,22,23,24). The van der Waals surface area contributed by atoms with E-state index in [9.17, 15) is 8.78 Å². The first-order valence-corrected chi connectivity index (χ1v) is 6.83. The Morgan fingerprint density at radius 1 is 0.917 bits per heavy atom. The van der Waals surface area contributed by atoms with Gasteiger partial charge in [0.05, 0.1) is 17.8 Å². The SMILES string of the molecule is N#Cc1ccc(Nc2nncc(Nc3ccc(F)c(F)c3)n2)cc1. The summed E-state index contributed by atoms with van der Waals surface area (Å²) in [5, 5.41) is 22.1. The molecular weight excluding hydrogens is 314 g/mol. The van der Waals surface area contributed by atoms with Gasteiger partial charge in [-0.15, -0.1) is 5.10 Å². The second-order valence-electron chi connectivity index (χ2n) is 4.73. The average molecular weight is 324 g/mol. The second-order valence-corrected chi connectivity index (χ2v) is 4.73. The van der Waals surface area contributed by atoms with Crippen molar-refractivity contribution in [2.75, 3.05) is 10.6 Å². The highest BCUT2D eigenvalue weighted by Gasteiger charge is 2.05. The summed E-state index contributed by atoms with van der Waals surface area (Å²) < 4.78 is 26.1. The van der Waals surface area contributed by atoms with E-state index in [0.29, 0.717) is 22.8 Å². The molecule has 0 spiro atoms. The molecule has 0 unspecified atom stereocenters. The largest absolute Gasteiger partial charge is 0.339 e. The van der Waals surface area contributed by atoms with Crippen LogP contribution in [0.15, 0.2) is 48.7 Å². The van der Waals surface area contributed by atoms with E-state index < -0.39 is 11.6 Å². The monoisotopic (exact) mass is 324 g/mol. The molecule has 6 nitrogen and oxygen atoms in total. The van der Waals surface area contributed by atoms with E-state index in [1.165, 1.54) is 12.3 Å². The summed E-state index contributed by atoms with van der Waals surface area (Å²) >= 11 is 0. The molecule has 0 atom stereocenters. The number of anilines is 4. The van der Waals surface area contributed by atoms with Crippen LogP contribution in [0, 0.1) is 23.0 Å². The zero-order chi connectivity index (χ0) is 16.9. The molecular formula is C16H10F2N6. The number of aromatic nitrogens is 3. The van der Waals surface area contributed by atoms with Crippen molar-refractivity contribution >= 4 is 23.1 Å². The third-order valence-electron chi connectivity index (χ3n) is 3.02. The zero-order valence-electron chi connectivity index (χ0n) is 12.2. The summed E-state index contributed by atoms with van der Waals surface area (Å²) in [7, 11) is 0. The quantitative estimate of drug-likeness (QED) is 0.764. The molecule has 1 heterocycles. The maximum Gasteiger partial charge on any atom is 0.249 e. The molecule has 0 aliphatic heterocycles. The van der Waals surface area contributed by atoms with Crippen molar-refractivity contribution in [3.8, 4) is 6.07 Å². The van der Waals surface area contributed by atoms with E-state index in [2.05, 4.69) is 25.8 Å². The highest BCUT2D eigenvalue weighted by atomic mass is 19.2. The lowest BCUT2D eigenvalue weighted by Gasteiger charge is -2.08. The lowest BCUT2D eigenvalue weighted by molar-refractivity contribution is 0.509. The molecule has 0 bridgehead atoms. The van der Waals surface area contributed by atoms with E-state index in [-0.39, 0.29) is 5.95 Å². The predicted octanol–water partition coefficient (Wildman–Crippen LogP) is 3.51. The van der Waals surface area contributed by atoms with Crippen molar-refractivity contribution in [3.05, 3.63) is 65.9 Å². The van der Waals surface area contributed by atoms with Crippen LogP contribution in [0.4, 0.5) is 31.9 Å². The summed E-state index contributed by atoms with van der Waals surface area (Å²) in [5.74, 6) is -1.36. The molecule has 3 aromatic rings. The predicted molar refractivity (Wildman–Crippen MR) is 83.9 cm³/mol. The van der Waals surface area contributed by atoms with Crippen LogP contribution in [-0.2, 0) is 0 Å². The fourth-order valence-electron chi connectivity index (χ4n) is 1.90. The summed E-state index contributed by atoms with van der Waals surface area (Å²) in [6.07, 6.45) is 1.35. The molecule has 1 aromatic heterocycles. The lowest BCUT2D eigenvalue weighted by atomic mass is 10.2. The van der Waals surface area contributed by atoms with Crippen LogP contribution in [0.5, 0.6) is 0 Å². The Morgan fingerprint density at radius 3 is 2.38 bits per heavy atom. The van der Waals surface area contributed by atoms with Gasteiger partial charge in [0.25, 0.3) is 0 Å². The Bertz CT molecular complexity index is 905. The van der Waals surface area contributed by atoms with Gasteiger partial charge in [-0.3, -0.25) is 0 Å². The van der Waals surface area contributed by atoms with Gasteiger partial charge in [0, 0.05) is 17.4 Å². The first kappa shape index (κ1) is 15.3. The molecule has 24 heavy (non-hydrogen) atoms. The molecule has 0 fully saturated rings. The van der Waals surface area contributed by atoms with Gasteiger partial charge in [-0.2, -0.15) is 15.3 Å². The number of nitriles is 1. The van der Waals surface area contributed by atoms with E-state index in [1.54, 1.807) is 24.3 Å². The van der Waals surface area contributed by atoms with Gasteiger partial charge in [0.1, 0.15) is 0 Å². The number of benzene rings is 2. The van der Waals surface area contributed by atoms with Gasteiger partial charge in [0.15, 0.2) is 17.5 Å². The zero-order valence-corrected chi connectivity index (χ0v) is 12.2. The molecule has 2 N–H and O–H groups in total. The van der Waals surface area contributed by atoms with Crippen molar-refractivity contribution in [1.29, 1.82) is 5.26 Å². The van der Waals surface area contributed by atoms with Crippen LogP contribution < -0.4 is 10.6 Å². The van der Waals surface area contributed by atoms with E-state index in [1.807, 2.05) is 6.07 Å². The van der Waals surface area contributed by atoms with E-state index in [0.717, 1.165) is 12.1 Å². The third-order valence-corrected chi connectivity index (χ3v) is 3.02. The summed E-state index contributed by atoms with van der Waals surface area (Å²) in [5.41, 5.74) is 1.55. The molecule has 0 saturated carbocycles. The van der Waals surface area contributed by atoms with E-state index in [4.69, 9.17) is 5.26 Å². The van der Waals surface area contributed by atoms with Crippen molar-refractivity contribution < 1.29 is 8.78 Å². The van der Waals surface area contributed by atoms with Crippen molar-refractivity contribution in [3.63, 3.8) is 0 Å². The fourth-order valence-corrected chi connectivity index (χ4v) is 1.90. The Labute approximate surface area is 135 Å². The van der Waals surface area contributed by atoms with Crippen molar-refractivity contribution in [1.82, 2.24) is 15.2 Å². The van der Waals surface area contributed by atoms with Gasteiger partial charge in [0.2, 0.25) is 5.95 Å². The Morgan fingerprint density at radius 2 is 1.67 bits per heavy atom. The second kappa shape index (κ2) is 6.66. The molecule has 0 radical (unpaired) electrons. The topological polar surface area (TPSA) is 86.5 Å². The van der Waals surface area contributed by atoms with Crippen LogP contribution >= 0.6 is 0 Å². The average Bonchev–Trinajstić information content (AvgIpc) is 2.59. The van der Waals surface area contributed by atoms with Crippen LogP contribution in [0.2, 0.25) is 0 Å². The van der Waals surface area contributed by atoms with Gasteiger partial charge in [-0.1, -0.05) is 0 Å². The van der Waals surface area contributed by atoms with Gasteiger partial charge in [-0.05, 0) is 36.4 Å². The first-order valence-electron chi connectivity index (χ1n) is 6.83. The maximum absolute atomic E-state index is 13.2. The number of rotatable bonds is 4. The first-order chi connectivity index (χ1) is 11.6. The smallest absolute Gasteiger partial charge is 0.249 e. The van der Waals surface area contributed by atoms with Crippen molar-refractivity contribution in [2.24, 2.45) is 0 Å². The van der Waals surface area contributed by atoms with Crippen LogP contribution in [0.25, 0.3) is 0 Å². The van der Waals surface area contributed by atoms with Gasteiger partial charge < -0.3 is 10.6 Å². The van der Waals surface area contributed by atoms with Gasteiger partial charge >= 0.3 is 0 Å². The normalized spacial score (nSPS) is 10.0. The summed E-state index contributed by atoms with van der Waals surface area (Å²) in [6, 6.07) is 12.2. The molecule has 118 valence electrons. The molecule has 0 saturated heterocycles. The highest BCUT2D eigenvalue weighted by Crippen LogP contribution is 2.19. The number of halogens is 2. The number of hydrogen-bond acceptors (Lipinski definition) is 6. The Hall–Kier alpha value is -3.60. The number of nitrogens with one attached hydrogen (secondary N) is 2. The molecule has 8 heteroatoms. The summed E-state index contributed by atoms with van der Waals surface area (Å²) in [6.45, 7) is 0. The van der Waals surface area contributed by atoms with E-state index >= 15 is 0 Å². The molecule has 3 rings (SSSR count). The molecule has 0 aliphatic rings. The minimum atomic E-state index is -0.960. The lowest BCUT2D eigenvalue weighted by Crippen LogP contribution is -2.02. The molecule has 2 aromatic carbocycles. The number of hydrogen-bond donors (Lipinski definition) is 2. The number of nitrogens with zero attached hydrogens (tertiary/aromatic N) is 4. The van der Waals surface area contributed by atoms with Crippen LogP contribution in [0.1, 0.15) is 5.56 Å². The van der Waals surface area contributed by atoms with Crippen LogP contribution in [-0.4, -0.2) is 15.2 Å². The molecule has 0 aliphatic carbocycles. The minimum Gasteiger partial charge on any atom is -0.339 e.